The van der Waals surface area contributed by atoms with Crippen molar-refractivity contribution in [1.82, 2.24) is 10.3 Å². The smallest absolute Gasteiger partial charge is 0.270 e. The molecule has 0 radical (unpaired) electrons. The predicted octanol–water partition coefficient (Wildman–Crippen LogP) is 4.57. The van der Waals surface area contributed by atoms with Crippen molar-refractivity contribution in [2.24, 2.45) is 0 Å². The third kappa shape index (κ3) is 4.37. The number of benzene rings is 2. The van der Waals surface area contributed by atoms with Gasteiger partial charge in [0, 0.05) is 17.0 Å². The number of amides is 1. The molecule has 0 bridgehead atoms. The third-order valence-corrected chi connectivity index (χ3v) is 5.39. The Labute approximate surface area is 170 Å². The van der Waals surface area contributed by atoms with E-state index in [4.69, 9.17) is 9.47 Å². The van der Waals surface area contributed by atoms with Crippen molar-refractivity contribution in [3.8, 4) is 22.1 Å². The van der Waals surface area contributed by atoms with Gasteiger partial charge in [-0.2, -0.15) is 0 Å². The van der Waals surface area contributed by atoms with Crippen LogP contribution in [0.1, 0.15) is 28.9 Å². The summed E-state index contributed by atoms with van der Waals surface area (Å²) in [5.74, 6) is -0.754. The van der Waals surface area contributed by atoms with Crippen LogP contribution in [0.2, 0.25) is 0 Å². The molecular weight excluding hydrogens is 398 g/mol. The third-order valence-electron chi connectivity index (χ3n) is 4.49. The van der Waals surface area contributed by atoms with Crippen molar-refractivity contribution >= 4 is 17.2 Å². The fourth-order valence-corrected chi connectivity index (χ4v) is 3.53. The summed E-state index contributed by atoms with van der Waals surface area (Å²) in [5.41, 5.74) is 0.984. The number of halogens is 2. The number of hydrogen-bond acceptors (Lipinski definition) is 5. The van der Waals surface area contributed by atoms with Gasteiger partial charge in [-0.25, -0.2) is 13.8 Å². The average Bonchev–Trinajstić information content (AvgIpc) is 3.39. The van der Waals surface area contributed by atoms with E-state index in [1.165, 1.54) is 36.6 Å². The number of nitrogens with one attached hydrogen (secondary N) is 1. The Morgan fingerprint density at radius 1 is 1.21 bits per heavy atom. The van der Waals surface area contributed by atoms with Crippen molar-refractivity contribution in [3.05, 3.63) is 64.7 Å². The maximum Gasteiger partial charge on any atom is 0.270 e. The van der Waals surface area contributed by atoms with Crippen LogP contribution < -0.4 is 14.8 Å². The fourth-order valence-electron chi connectivity index (χ4n) is 2.74. The van der Waals surface area contributed by atoms with Gasteiger partial charge in [0.05, 0.1) is 12.7 Å². The van der Waals surface area contributed by atoms with Gasteiger partial charge in [-0.1, -0.05) is 6.07 Å². The van der Waals surface area contributed by atoms with Crippen LogP contribution in [0.25, 0.3) is 10.6 Å². The molecule has 1 aromatic heterocycles. The number of carbonyl (C=O) groups is 1. The lowest BCUT2D eigenvalue weighted by atomic mass is 10.2. The molecule has 0 saturated heterocycles. The van der Waals surface area contributed by atoms with E-state index in [1.54, 1.807) is 23.6 Å². The number of ether oxygens (including phenoxy) is 2. The topological polar surface area (TPSA) is 60.5 Å². The highest BCUT2D eigenvalue weighted by atomic mass is 32.1. The number of aromatic nitrogens is 1. The summed E-state index contributed by atoms with van der Waals surface area (Å²) in [6.07, 6.45) is 2.02. The summed E-state index contributed by atoms with van der Waals surface area (Å²) in [5, 5.41) is 5.28. The zero-order valence-electron chi connectivity index (χ0n) is 15.6. The van der Waals surface area contributed by atoms with E-state index < -0.39 is 11.6 Å². The molecule has 3 aromatic rings. The molecule has 8 heteroatoms. The first-order valence-corrected chi connectivity index (χ1v) is 9.93. The molecule has 0 atom stereocenters. The van der Waals surface area contributed by atoms with Gasteiger partial charge in [0.25, 0.3) is 5.91 Å². The van der Waals surface area contributed by atoms with Crippen molar-refractivity contribution in [1.29, 1.82) is 0 Å². The molecule has 1 fully saturated rings. The first kappa shape index (κ1) is 19.3. The second-order valence-electron chi connectivity index (χ2n) is 6.64. The zero-order valence-corrected chi connectivity index (χ0v) is 16.4. The second kappa shape index (κ2) is 8.16. The summed E-state index contributed by atoms with van der Waals surface area (Å²) in [6, 6.07) is 9.06. The maximum atomic E-state index is 13.8. The quantitative estimate of drug-likeness (QED) is 0.613. The lowest BCUT2D eigenvalue weighted by molar-refractivity contribution is 0.0947. The second-order valence-corrected chi connectivity index (χ2v) is 7.50. The van der Waals surface area contributed by atoms with E-state index in [0.29, 0.717) is 22.2 Å². The Bertz CT molecular complexity index is 1030. The molecule has 4 rings (SSSR count). The minimum Gasteiger partial charge on any atom is -0.493 e. The number of nitrogens with zero attached hydrogens (tertiary/aromatic N) is 1. The van der Waals surface area contributed by atoms with Gasteiger partial charge < -0.3 is 14.8 Å². The van der Waals surface area contributed by atoms with E-state index >= 15 is 0 Å². The molecule has 1 aliphatic rings. The summed E-state index contributed by atoms with van der Waals surface area (Å²) >= 11 is 1.35. The molecule has 1 saturated carbocycles. The van der Waals surface area contributed by atoms with Crippen LogP contribution in [0.5, 0.6) is 11.5 Å². The van der Waals surface area contributed by atoms with Gasteiger partial charge in [0.2, 0.25) is 0 Å². The van der Waals surface area contributed by atoms with Crippen molar-refractivity contribution < 1.29 is 23.0 Å². The fraction of sp³-hybridized carbons (Fsp3) is 0.238. The van der Waals surface area contributed by atoms with E-state index in [1.807, 2.05) is 0 Å². The monoisotopic (exact) mass is 416 g/mol. The lowest BCUT2D eigenvalue weighted by Gasteiger charge is -2.12. The minimum atomic E-state index is -0.666. The summed E-state index contributed by atoms with van der Waals surface area (Å²) in [6.45, 7) is -0.267. The van der Waals surface area contributed by atoms with Crippen LogP contribution in [-0.4, -0.2) is 24.0 Å². The van der Waals surface area contributed by atoms with Gasteiger partial charge in [-0.3, -0.25) is 4.79 Å². The van der Waals surface area contributed by atoms with Gasteiger partial charge >= 0.3 is 0 Å². The first-order valence-electron chi connectivity index (χ1n) is 9.05. The standard InChI is InChI=1S/C21H18F2N2O3S/c1-27-19-9-12(21-25-17(11-29-21)20(26)24-13-6-7-13)5-8-18(19)28-10-14-15(22)3-2-4-16(14)23/h2-5,8-9,11,13H,6-7,10H2,1H3,(H,24,26). The van der Waals surface area contributed by atoms with Crippen LogP contribution in [-0.2, 0) is 6.61 Å². The number of methoxy groups -OCH3 is 1. The Balaban J connectivity index is 1.51. The van der Waals surface area contributed by atoms with Gasteiger partial charge in [-0.15, -0.1) is 11.3 Å². The van der Waals surface area contributed by atoms with Crippen molar-refractivity contribution in [2.75, 3.05) is 7.11 Å². The summed E-state index contributed by atoms with van der Waals surface area (Å²) < 4.78 is 38.5. The highest BCUT2D eigenvalue weighted by Gasteiger charge is 2.25. The minimum absolute atomic E-state index is 0.148. The van der Waals surface area contributed by atoms with E-state index in [0.717, 1.165) is 18.4 Å². The first-order chi connectivity index (χ1) is 14.0. The van der Waals surface area contributed by atoms with E-state index in [-0.39, 0.29) is 24.1 Å². The zero-order chi connectivity index (χ0) is 20.4. The molecule has 1 N–H and O–H groups in total. The van der Waals surface area contributed by atoms with Gasteiger partial charge in [0.1, 0.15) is 28.9 Å². The van der Waals surface area contributed by atoms with E-state index in [9.17, 15) is 13.6 Å². The number of hydrogen-bond donors (Lipinski definition) is 1. The molecule has 0 spiro atoms. The summed E-state index contributed by atoms with van der Waals surface area (Å²) in [4.78, 5) is 16.5. The van der Waals surface area contributed by atoms with Crippen LogP contribution in [0.15, 0.2) is 41.8 Å². The number of thiazole rings is 1. The molecule has 5 nitrogen and oxygen atoms in total. The molecule has 2 aromatic carbocycles. The van der Waals surface area contributed by atoms with E-state index in [2.05, 4.69) is 10.3 Å². The normalized spacial score (nSPS) is 13.2. The maximum absolute atomic E-state index is 13.8. The molecular formula is C21H18F2N2O3S. The Morgan fingerprint density at radius 2 is 1.97 bits per heavy atom. The van der Waals surface area contributed by atoms with Gasteiger partial charge in [-0.05, 0) is 43.2 Å². The summed E-state index contributed by atoms with van der Waals surface area (Å²) in [7, 11) is 1.48. The number of rotatable bonds is 7. The SMILES string of the molecule is COc1cc(-c2nc(C(=O)NC3CC3)cs2)ccc1OCc1c(F)cccc1F. The van der Waals surface area contributed by atoms with Crippen LogP contribution in [0, 0.1) is 11.6 Å². The highest BCUT2D eigenvalue weighted by Crippen LogP contribution is 2.34. The molecule has 0 aliphatic heterocycles. The molecule has 0 unspecified atom stereocenters. The molecule has 1 aliphatic carbocycles. The Kier molecular flexibility index (Phi) is 5.44. The van der Waals surface area contributed by atoms with Gasteiger partial charge in [0.15, 0.2) is 11.5 Å². The Morgan fingerprint density at radius 3 is 2.66 bits per heavy atom. The van der Waals surface area contributed by atoms with Crippen LogP contribution in [0.3, 0.4) is 0 Å². The molecule has 1 amide bonds. The van der Waals surface area contributed by atoms with Crippen LogP contribution >= 0.6 is 11.3 Å². The number of carbonyl (C=O) groups excluding carboxylic acids is 1. The highest BCUT2D eigenvalue weighted by molar-refractivity contribution is 7.13. The molecule has 150 valence electrons. The van der Waals surface area contributed by atoms with Crippen LogP contribution in [0.4, 0.5) is 8.78 Å². The van der Waals surface area contributed by atoms with Crippen molar-refractivity contribution in [2.45, 2.75) is 25.5 Å². The largest absolute Gasteiger partial charge is 0.493 e. The lowest BCUT2D eigenvalue weighted by Crippen LogP contribution is -2.25. The predicted molar refractivity (Wildman–Crippen MR) is 105 cm³/mol. The molecule has 29 heavy (non-hydrogen) atoms. The Hall–Kier alpha value is -3.00. The van der Waals surface area contributed by atoms with Crippen molar-refractivity contribution in [3.63, 3.8) is 0 Å². The molecule has 1 heterocycles. The average molecular weight is 416 g/mol.